The number of hydrogen-bond acceptors (Lipinski definition) is 2. The van der Waals surface area contributed by atoms with Crippen molar-refractivity contribution in [3.05, 3.63) is 35.4 Å². The lowest BCUT2D eigenvalue weighted by Crippen LogP contribution is -2.27. The largest absolute Gasteiger partial charge is 0.478 e. The van der Waals surface area contributed by atoms with Crippen LogP contribution in [0.2, 0.25) is 0 Å². The molecule has 0 saturated carbocycles. The van der Waals surface area contributed by atoms with Crippen molar-refractivity contribution >= 4 is 5.97 Å². The first-order valence-electron chi connectivity index (χ1n) is 5.78. The molecule has 1 aromatic carbocycles. The van der Waals surface area contributed by atoms with Crippen LogP contribution < -0.4 is 0 Å². The average molecular weight is 239 g/mol. The first-order chi connectivity index (χ1) is 8.17. The molecule has 0 heterocycles. The van der Waals surface area contributed by atoms with E-state index in [1.54, 1.807) is 12.1 Å². The molecule has 0 saturated heterocycles. The molecule has 0 fully saturated rings. The number of carbonyl (C=O) groups is 1. The van der Waals surface area contributed by atoms with Crippen LogP contribution in [0, 0.1) is 0 Å². The van der Waals surface area contributed by atoms with Crippen LogP contribution in [-0.2, 0) is 6.42 Å². The van der Waals surface area contributed by atoms with E-state index in [2.05, 4.69) is 0 Å². The van der Waals surface area contributed by atoms with Crippen molar-refractivity contribution in [2.75, 3.05) is 26.3 Å². The fraction of sp³-hybridized carbons (Fsp3) is 0.462. The highest BCUT2D eigenvalue weighted by Gasteiger charge is 2.04. The Labute approximate surface area is 101 Å². The van der Waals surface area contributed by atoms with E-state index in [0.717, 1.165) is 25.1 Å². The number of carboxylic acids is 1. The van der Waals surface area contributed by atoms with Gasteiger partial charge in [0.15, 0.2) is 0 Å². The van der Waals surface area contributed by atoms with Gasteiger partial charge in [-0.2, -0.15) is 0 Å². The predicted molar refractivity (Wildman–Crippen MR) is 65.2 cm³/mol. The minimum absolute atomic E-state index is 0.296. The first kappa shape index (κ1) is 13.6. The molecule has 17 heavy (non-hydrogen) atoms. The Morgan fingerprint density at radius 1 is 1.29 bits per heavy atom. The molecule has 94 valence electrons. The van der Waals surface area contributed by atoms with Gasteiger partial charge in [-0.05, 0) is 30.7 Å². The Bertz CT molecular complexity index is 351. The van der Waals surface area contributed by atoms with Gasteiger partial charge in [0, 0.05) is 13.1 Å². The molecule has 0 aliphatic carbocycles. The second-order valence-corrected chi connectivity index (χ2v) is 3.88. The highest BCUT2D eigenvalue weighted by atomic mass is 19.1. The third-order valence-corrected chi connectivity index (χ3v) is 2.77. The summed E-state index contributed by atoms with van der Waals surface area (Å²) in [7, 11) is 0. The van der Waals surface area contributed by atoms with Crippen LogP contribution >= 0.6 is 0 Å². The van der Waals surface area contributed by atoms with Crippen molar-refractivity contribution in [3.63, 3.8) is 0 Å². The molecule has 0 spiro atoms. The number of carboxylic acid groups (broad SMARTS) is 1. The number of likely N-dealkylation sites (N-methyl/N-ethyl adjacent to an activating group) is 1. The third-order valence-electron chi connectivity index (χ3n) is 2.77. The number of nitrogens with zero attached hydrogens (tertiary/aromatic N) is 1. The molecular weight excluding hydrogens is 221 g/mol. The van der Waals surface area contributed by atoms with Crippen LogP contribution in [0.25, 0.3) is 0 Å². The summed E-state index contributed by atoms with van der Waals surface area (Å²) in [6, 6.07) is 6.83. The lowest BCUT2D eigenvalue weighted by atomic mass is 10.1. The quantitative estimate of drug-likeness (QED) is 0.793. The Morgan fingerprint density at radius 2 is 1.94 bits per heavy atom. The molecule has 0 aliphatic heterocycles. The van der Waals surface area contributed by atoms with E-state index in [0.29, 0.717) is 12.1 Å². The van der Waals surface area contributed by atoms with Gasteiger partial charge < -0.3 is 10.0 Å². The van der Waals surface area contributed by atoms with E-state index in [4.69, 9.17) is 5.11 Å². The summed E-state index contributed by atoms with van der Waals surface area (Å²) < 4.78 is 12.2. The van der Waals surface area contributed by atoms with Crippen LogP contribution in [-0.4, -0.2) is 42.3 Å². The lowest BCUT2D eigenvalue weighted by Gasteiger charge is -2.18. The molecule has 0 radical (unpaired) electrons. The molecule has 0 amide bonds. The van der Waals surface area contributed by atoms with Gasteiger partial charge in [0.25, 0.3) is 0 Å². The fourth-order valence-corrected chi connectivity index (χ4v) is 1.65. The van der Waals surface area contributed by atoms with Crippen molar-refractivity contribution in [1.82, 2.24) is 4.90 Å². The summed E-state index contributed by atoms with van der Waals surface area (Å²) >= 11 is 0. The van der Waals surface area contributed by atoms with E-state index in [9.17, 15) is 9.18 Å². The molecule has 0 atom stereocenters. The Balaban J connectivity index is 2.48. The third kappa shape index (κ3) is 4.53. The smallest absolute Gasteiger partial charge is 0.335 e. The lowest BCUT2D eigenvalue weighted by molar-refractivity contribution is 0.0697. The molecule has 1 N–H and O–H groups in total. The zero-order chi connectivity index (χ0) is 12.7. The van der Waals surface area contributed by atoms with Crippen LogP contribution in [0.5, 0.6) is 0 Å². The number of rotatable bonds is 7. The molecular formula is C13H18FNO2. The van der Waals surface area contributed by atoms with Crippen LogP contribution in [0.1, 0.15) is 22.8 Å². The van der Waals surface area contributed by atoms with Crippen molar-refractivity contribution in [3.8, 4) is 0 Å². The van der Waals surface area contributed by atoms with Gasteiger partial charge in [-0.3, -0.25) is 0 Å². The van der Waals surface area contributed by atoms with Gasteiger partial charge in [-0.1, -0.05) is 19.1 Å². The molecule has 0 unspecified atom stereocenters. The Kier molecular flexibility index (Phi) is 5.63. The van der Waals surface area contributed by atoms with E-state index in [1.165, 1.54) is 0 Å². The van der Waals surface area contributed by atoms with E-state index < -0.39 is 5.97 Å². The SMILES string of the molecule is CCN(CCF)CCc1ccc(C(=O)O)cc1. The topological polar surface area (TPSA) is 40.5 Å². The molecule has 0 bridgehead atoms. The number of halogens is 1. The minimum atomic E-state index is -0.913. The maximum Gasteiger partial charge on any atom is 0.335 e. The second kappa shape index (κ2) is 7.01. The van der Waals surface area contributed by atoms with E-state index in [1.807, 2.05) is 24.0 Å². The summed E-state index contributed by atoms with van der Waals surface area (Å²) in [5, 5.41) is 8.75. The van der Waals surface area contributed by atoms with Gasteiger partial charge in [0.1, 0.15) is 6.67 Å². The van der Waals surface area contributed by atoms with Gasteiger partial charge in [-0.25, -0.2) is 9.18 Å². The minimum Gasteiger partial charge on any atom is -0.478 e. The zero-order valence-corrected chi connectivity index (χ0v) is 10.0. The van der Waals surface area contributed by atoms with Crippen molar-refractivity contribution in [1.29, 1.82) is 0 Å². The Hall–Kier alpha value is -1.42. The monoisotopic (exact) mass is 239 g/mol. The summed E-state index contributed by atoms with van der Waals surface area (Å²) in [4.78, 5) is 12.7. The number of benzene rings is 1. The zero-order valence-electron chi connectivity index (χ0n) is 10.0. The first-order valence-corrected chi connectivity index (χ1v) is 5.78. The van der Waals surface area contributed by atoms with Gasteiger partial charge >= 0.3 is 5.97 Å². The maximum absolute atomic E-state index is 12.2. The normalized spacial score (nSPS) is 10.8. The number of aromatic carboxylic acids is 1. The summed E-state index contributed by atoms with van der Waals surface area (Å²) in [6.07, 6.45) is 0.813. The summed E-state index contributed by atoms with van der Waals surface area (Å²) in [5.41, 5.74) is 1.37. The molecule has 1 aromatic rings. The number of alkyl halides is 1. The van der Waals surface area contributed by atoms with Crippen molar-refractivity contribution < 1.29 is 14.3 Å². The molecule has 1 rings (SSSR count). The van der Waals surface area contributed by atoms with Crippen LogP contribution in [0.3, 0.4) is 0 Å². The van der Waals surface area contributed by atoms with Crippen LogP contribution in [0.15, 0.2) is 24.3 Å². The van der Waals surface area contributed by atoms with Crippen molar-refractivity contribution in [2.45, 2.75) is 13.3 Å². The highest BCUT2D eigenvalue weighted by Crippen LogP contribution is 2.06. The average Bonchev–Trinajstić information content (AvgIpc) is 2.35. The van der Waals surface area contributed by atoms with Gasteiger partial charge in [0.2, 0.25) is 0 Å². The van der Waals surface area contributed by atoms with E-state index in [-0.39, 0.29) is 6.67 Å². The number of hydrogen-bond donors (Lipinski definition) is 1. The fourth-order valence-electron chi connectivity index (χ4n) is 1.65. The van der Waals surface area contributed by atoms with Gasteiger partial charge in [-0.15, -0.1) is 0 Å². The predicted octanol–water partition coefficient (Wildman–Crippen LogP) is 2.22. The molecule has 0 aromatic heterocycles. The summed E-state index contributed by atoms with van der Waals surface area (Å²) in [5.74, 6) is -0.913. The Morgan fingerprint density at radius 3 is 2.41 bits per heavy atom. The van der Waals surface area contributed by atoms with E-state index >= 15 is 0 Å². The molecule has 3 nitrogen and oxygen atoms in total. The maximum atomic E-state index is 12.2. The van der Waals surface area contributed by atoms with Crippen LogP contribution in [0.4, 0.5) is 4.39 Å². The molecule has 4 heteroatoms. The summed E-state index contributed by atoms with van der Waals surface area (Å²) in [6.45, 7) is 3.77. The highest BCUT2D eigenvalue weighted by molar-refractivity contribution is 5.87. The second-order valence-electron chi connectivity index (χ2n) is 3.88. The molecule has 0 aliphatic rings. The van der Waals surface area contributed by atoms with Crippen molar-refractivity contribution in [2.24, 2.45) is 0 Å². The standard InChI is InChI=1S/C13H18FNO2/c1-2-15(10-8-14)9-7-11-3-5-12(6-4-11)13(16)17/h3-6H,2,7-10H2,1H3,(H,16,17). The van der Waals surface area contributed by atoms with Gasteiger partial charge in [0.05, 0.1) is 5.56 Å².